The number of hydrazine groups is 1. The Labute approximate surface area is 287 Å². The summed E-state index contributed by atoms with van der Waals surface area (Å²) in [7, 11) is 0. The Bertz CT molecular complexity index is 1400. The average molecular weight is 702 g/mol. The van der Waals surface area contributed by atoms with Gasteiger partial charge in [-0.05, 0) is 36.1 Å². The molecule has 2 aromatic carbocycles. The topological polar surface area (TPSA) is 272 Å². The molecule has 0 aliphatic carbocycles. The van der Waals surface area contributed by atoms with Gasteiger partial charge in [0.05, 0.1) is 38.8 Å². The molecule has 2 aromatic rings. The van der Waals surface area contributed by atoms with E-state index in [0.29, 0.717) is 18.4 Å². The van der Waals surface area contributed by atoms with E-state index in [-0.39, 0.29) is 44.8 Å². The summed E-state index contributed by atoms with van der Waals surface area (Å²) in [6.45, 7) is -2.76. The van der Waals surface area contributed by atoms with Gasteiger partial charge in [0, 0.05) is 38.3 Å². The summed E-state index contributed by atoms with van der Waals surface area (Å²) in [5.74, 6) is -6.73. The summed E-state index contributed by atoms with van der Waals surface area (Å²) >= 11 is 0. The smallest absolute Gasteiger partial charge is 0.317 e. The number of rotatable bonds is 23. The van der Waals surface area contributed by atoms with Crippen molar-refractivity contribution in [1.29, 1.82) is 0 Å². The zero-order valence-corrected chi connectivity index (χ0v) is 27.3. The van der Waals surface area contributed by atoms with E-state index in [4.69, 9.17) is 26.2 Å². The van der Waals surface area contributed by atoms with Gasteiger partial charge >= 0.3 is 23.9 Å². The van der Waals surface area contributed by atoms with Crippen molar-refractivity contribution in [3.63, 3.8) is 0 Å². The number of hydrogen-bond acceptors (Lipinski definition) is 11. The first-order valence-electron chi connectivity index (χ1n) is 15.5. The Kier molecular flexibility index (Phi) is 17.5. The average Bonchev–Trinajstić information content (AvgIpc) is 3.05. The highest BCUT2D eigenvalue weighted by molar-refractivity contribution is 5.96. The maximum Gasteiger partial charge on any atom is 0.317 e. The molecule has 0 fully saturated rings. The Morgan fingerprint density at radius 3 is 1.64 bits per heavy atom. The Morgan fingerprint density at radius 1 is 0.620 bits per heavy atom. The number of benzene rings is 2. The van der Waals surface area contributed by atoms with Crippen LogP contribution in [0.15, 0.2) is 54.6 Å². The van der Waals surface area contributed by atoms with Gasteiger partial charge in [0.2, 0.25) is 5.91 Å². The van der Waals surface area contributed by atoms with Crippen molar-refractivity contribution >= 4 is 41.6 Å². The molecule has 0 bridgehead atoms. The molecule has 0 aliphatic rings. The number of hydrogen-bond donors (Lipinski definition) is 8. The lowest BCUT2D eigenvalue weighted by Gasteiger charge is -2.28. The first kappa shape index (κ1) is 40.7. The van der Waals surface area contributed by atoms with E-state index < -0.39 is 73.8 Å². The van der Waals surface area contributed by atoms with Crippen LogP contribution in [0.25, 0.3) is 0 Å². The van der Waals surface area contributed by atoms with Crippen molar-refractivity contribution in [2.75, 3.05) is 58.9 Å². The van der Waals surface area contributed by atoms with Crippen LogP contribution in [0.3, 0.4) is 0 Å². The van der Waals surface area contributed by atoms with Crippen LogP contribution in [-0.4, -0.2) is 142 Å². The SMILES string of the molecule is N[C@H](CCc1ccccc1)C(=O)NNC(=O)c1cccc(CNC(=O)CN(CCN(CC(=O)O)CC(=O)O)CCN(CC(=O)O)CC(=O)O)c1. The van der Waals surface area contributed by atoms with Crippen LogP contribution >= 0.6 is 0 Å². The summed E-state index contributed by atoms with van der Waals surface area (Å²) in [5, 5.41) is 39.2. The number of nitrogens with zero attached hydrogens (tertiary/aromatic N) is 3. The van der Waals surface area contributed by atoms with Crippen molar-refractivity contribution < 1.29 is 54.0 Å². The molecule has 3 amide bonds. The van der Waals surface area contributed by atoms with E-state index in [2.05, 4.69) is 16.2 Å². The van der Waals surface area contributed by atoms with Gasteiger partial charge in [0.15, 0.2) is 0 Å². The number of aryl methyl sites for hydroxylation is 1. The van der Waals surface area contributed by atoms with Gasteiger partial charge in [0.25, 0.3) is 11.8 Å². The van der Waals surface area contributed by atoms with Gasteiger partial charge in [0.1, 0.15) is 0 Å². The van der Waals surface area contributed by atoms with Crippen LogP contribution in [0.2, 0.25) is 0 Å². The second-order valence-corrected chi connectivity index (χ2v) is 11.3. The zero-order valence-electron chi connectivity index (χ0n) is 27.3. The molecule has 0 unspecified atom stereocenters. The number of carboxylic acid groups (broad SMARTS) is 4. The number of carbonyl (C=O) groups is 7. The lowest BCUT2D eigenvalue weighted by molar-refractivity contribution is -0.143. The number of nitrogens with one attached hydrogen (secondary N) is 3. The summed E-state index contributed by atoms with van der Waals surface area (Å²) in [6, 6.07) is 14.9. The quantitative estimate of drug-likeness (QED) is 0.0598. The molecule has 0 saturated carbocycles. The number of nitrogens with two attached hydrogens (primary N) is 1. The van der Waals surface area contributed by atoms with Gasteiger partial charge in [-0.2, -0.15) is 0 Å². The van der Waals surface area contributed by atoms with Crippen LogP contribution in [0.1, 0.15) is 27.9 Å². The number of carbonyl (C=O) groups excluding carboxylic acids is 3. The van der Waals surface area contributed by atoms with Crippen molar-refractivity contribution in [2.45, 2.75) is 25.4 Å². The predicted molar refractivity (Wildman–Crippen MR) is 176 cm³/mol. The highest BCUT2D eigenvalue weighted by atomic mass is 16.4. The van der Waals surface area contributed by atoms with Crippen LogP contribution < -0.4 is 21.9 Å². The third-order valence-electron chi connectivity index (χ3n) is 7.17. The van der Waals surface area contributed by atoms with Gasteiger partial charge < -0.3 is 31.5 Å². The highest BCUT2D eigenvalue weighted by Gasteiger charge is 2.20. The molecule has 1 atom stereocenters. The Hall–Kier alpha value is -5.43. The molecule has 0 aromatic heterocycles. The number of carboxylic acids is 4. The fourth-order valence-electron chi connectivity index (χ4n) is 4.69. The van der Waals surface area contributed by atoms with Gasteiger partial charge in [-0.3, -0.25) is 59.1 Å². The number of aliphatic carboxylic acids is 4. The summed E-state index contributed by atoms with van der Waals surface area (Å²) < 4.78 is 0. The van der Waals surface area contributed by atoms with Crippen molar-refractivity contribution in [1.82, 2.24) is 30.9 Å². The summed E-state index contributed by atoms with van der Waals surface area (Å²) in [6.07, 6.45) is 0.945. The molecular weight excluding hydrogens is 658 g/mol. The number of amides is 3. The third-order valence-corrected chi connectivity index (χ3v) is 7.17. The lowest BCUT2D eigenvalue weighted by atomic mass is 10.1. The molecule has 18 heteroatoms. The molecule has 272 valence electrons. The van der Waals surface area contributed by atoms with Crippen molar-refractivity contribution in [2.24, 2.45) is 5.73 Å². The lowest BCUT2D eigenvalue weighted by Crippen LogP contribution is -2.49. The minimum absolute atomic E-state index is 0.000742. The first-order valence-corrected chi connectivity index (χ1v) is 15.5. The largest absolute Gasteiger partial charge is 0.480 e. The van der Waals surface area contributed by atoms with Gasteiger partial charge in [-0.25, -0.2) is 0 Å². The monoisotopic (exact) mass is 701 g/mol. The van der Waals surface area contributed by atoms with E-state index in [1.807, 2.05) is 30.3 Å². The van der Waals surface area contributed by atoms with Gasteiger partial charge in [-0.15, -0.1) is 0 Å². The Morgan fingerprint density at radius 2 is 1.12 bits per heavy atom. The minimum atomic E-state index is -1.26. The van der Waals surface area contributed by atoms with E-state index in [1.54, 1.807) is 12.1 Å². The zero-order chi connectivity index (χ0) is 37.1. The highest BCUT2D eigenvalue weighted by Crippen LogP contribution is 2.07. The second-order valence-electron chi connectivity index (χ2n) is 11.3. The maximum absolute atomic E-state index is 12.9. The van der Waals surface area contributed by atoms with Crippen LogP contribution in [-0.2, 0) is 41.7 Å². The fraction of sp³-hybridized carbons (Fsp3) is 0.406. The maximum atomic E-state index is 12.9. The second kappa shape index (κ2) is 21.5. The minimum Gasteiger partial charge on any atom is -0.480 e. The summed E-state index contributed by atoms with van der Waals surface area (Å²) in [5.41, 5.74) is 12.3. The van der Waals surface area contributed by atoms with E-state index in [0.717, 1.165) is 15.4 Å². The molecule has 9 N–H and O–H groups in total. The van der Waals surface area contributed by atoms with Gasteiger partial charge in [-0.1, -0.05) is 42.5 Å². The molecule has 0 saturated heterocycles. The molecule has 2 rings (SSSR count). The Balaban J connectivity index is 1.97. The van der Waals surface area contributed by atoms with E-state index in [9.17, 15) is 33.6 Å². The van der Waals surface area contributed by atoms with Crippen LogP contribution in [0.4, 0.5) is 0 Å². The molecule has 18 nitrogen and oxygen atoms in total. The predicted octanol–water partition coefficient (Wildman–Crippen LogP) is -1.73. The normalized spacial score (nSPS) is 11.6. The molecule has 0 aliphatic heterocycles. The van der Waals surface area contributed by atoms with Crippen molar-refractivity contribution in [3.05, 3.63) is 71.3 Å². The third kappa shape index (κ3) is 17.1. The molecular formula is C32H43N7O11. The van der Waals surface area contributed by atoms with Crippen LogP contribution in [0, 0.1) is 0 Å². The first-order chi connectivity index (χ1) is 23.7. The molecule has 50 heavy (non-hydrogen) atoms. The summed E-state index contributed by atoms with van der Waals surface area (Å²) in [4.78, 5) is 86.6. The molecule has 0 radical (unpaired) electrons. The molecule has 0 spiro atoms. The van der Waals surface area contributed by atoms with E-state index >= 15 is 0 Å². The van der Waals surface area contributed by atoms with E-state index in [1.165, 1.54) is 17.0 Å². The van der Waals surface area contributed by atoms with Crippen molar-refractivity contribution in [3.8, 4) is 0 Å². The molecule has 0 heterocycles. The van der Waals surface area contributed by atoms with Crippen LogP contribution in [0.5, 0.6) is 0 Å². The fourth-order valence-corrected chi connectivity index (χ4v) is 4.69. The standard InChI is InChI=1S/C32H43N7O11/c33-25(10-9-22-5-2-1-3-6-22)32(50)36-35-31(49)24-8-4-7-23(15-24)16-34-26(40)17-37(11-13-38(18-27(41)42)19-28(43)44)12-14-39(20-29(45)46)21-30(47)48/h1-8,15,25H,9-14,16-21,33H2,(H,34,40)(H,35,49)(H,36,50)(H,41,42)(H,43,44)(H,45,46)(H,47,48)/t25-/m1/s1.